The number of nitrogens with zero attached hydrogens (tertiary/aromatic N) is 3. The molecule has 25 heavy (non-hydrogen) atoms. The van der Waals surface area contributed by atoms with Gasteiger partial charge in [0.25, 0.3) is 21.8 Å². The number of piperidine rings is 1. The van der Waals surface area contributed by atoms with Crippen LogP contribution in [0.2, 0.25) is 0 Å². The largest absolute Gasteiger partial charge is 0.280 e. The highest BCUT2D eigenvalue weighted by molar-refractivity contribution is 7.91. The Morgan fingerprint density at radius 3 is 2.48 bits per heavy atom. The van der Waals surface area contributed by atoms with Crippen LogP contribution in [0, 0.1) is 0 Å². The zero-order valence-corrected chi connectivity index (χ0v) is 14.8. The van der Waals surface area contributed by atoms with Crippen molar-refractivity contribution in [2.75, 3.05) is 13.1 Å². The first-order valence-electron chi connectivity index (χ1n) is 7.86. The molecule has 1 saturated heterocycles. The average Bonchev–Trinajstić information content (AvgIpc) is 3.24. The number of imide groups is 1. The highest BCUT2D eigenvalue weighted by Gasteiger charge is 2.43. The number of fused-ring (bicyclic) bond motifs is 1. The molecule has 0 saturated carbocycles. The number of hydrogen-bond acceptors (Lipinski definition) is 6. The molecule has 2 amide bonds. The highest BCUT2D eigenvalue weighted by atomic mass is 32.2. The Bertz CT molecular complexity index is 897. The topological polar surface area (TPSA) is 87.7 Å². The van der Waals surface area contributed by atoms with E-state index in [9.17, 15) is 18.0 Å². The SMILES string of the molecule is O=C1c2cccnc2C(=O)N1C1CCN(S(=O)(=O)c2cccs2)CC1. The van der Waals surface area contributed by atoms with E-state index in [0.29, 0.717) is 22.6 Å². The monoisotopic (exact) mass is 377 g/mol. The summed E-state index contributed by atoms with van der Waals surface area (Å²) < 4.78 is 26.9. The first-order valence-corrected chi connectivity index (χ1v) is 10.2. The van der Waals surface area contributed by atoms with Crippen molar-refractivity contribution in [1.82, 2.24) is 14.2 Å². The molecule has 2 aromatic heterocycles. The van der Waals surface area contributed by atoms with Crippen LogP contribution in [-0.2, 0) is 10.0 Å². The van der Waals surface area contributed by atoms with E-state index in [4.69, 9.17) is 0 Å². The Kier molecular flexibility index (Phi) is 3.94. The molecule has 2 aromatic rings. The third-order valence-electron chi connectivity index (χ3n) is 4.56. The van der Waals surface area contributed by atoms with E-state index in [1.54, 1.807) is 29.6 Å². The number of thiophene rings is 1. The first kappa shape index (κ1) is 16.4. The minimum Gasteiger partial charge on any atom is -0.270 e. The van der Waals surface area contributed by atoms with Crippen LogP contribution in [0.3, 0.4) is 0 Å². The Hall–Kier alpha value is -2.10. The van der Waals surface area contributed by atoms with Gasteiger partial charge in [-0.1, -0.05) is 6.07 Å². The maximum Gasteiger partial charge on any atom is 0.280 e. The molecule has 0 aromatic carbocycles. The second-order valence-corrected chi connectivity index (χ2v) is 9.06. The summed E-state index contributed by atoms with van der Waals surface area (Å²) in [4.78, 5) is 30.2. The maximum absolute atomic E-state index is 12.6. The first-order chi connectivity index (χ1) is 12.0. The standard InChI is InChI=1S/C16H15N3O4S2/c20-15-12-3-1-7-17-14(12)16(21)19(15)11-5-8-18(9-6-11)25(22,23)13-4-2-10-24-13/h1-4,7,10-11H,5-6,8-9H2. The summed E-state index contributed by atoms with van der Waals surface area (Å²) in [5.41, 5.74) is 0.502. The van der Waals surface area contributed by atoms with Crippen molar-refractivity contribution in [3.05, 3.63) is 47.1 Å². The van der Waals surface area contributed by atoms with E-state index in [1.165, 1.54) is 26.7 Å². The van der Waals surface area contributed by atoms with Gasteiger partial charge in [-0.25, -0.2) is 8.42 Å². The van der Waals surface area contributed by atoms with E-state index in [-0.39, 0.29) is 36.6 Å². The lowest BCUT2D eigenvalue weighted by Crippen LogP contribution is -2.48. The van der Waals surface area contributed by atoms with Gasteiger partial charge in [0, 0.05) is 25.3 Å². The van der Waals surface area contributed by atoms with Crippen LogP contribution in [0.25, 0.3) is 0 Å². The highest BCUT2D eigenvalue weighted by Crippen LogP contribution is 2.30. The lowest BCUT2D eigenvalue weighted by atomic mass is 10.1. The summed E-state index contributed by atoms with van der Waals surface area (Å²) in [6.45, 7) is 0.567. The van der Waals surface area contributed by atoms with Gasteiger partial charge < -0.3 is 0 Å². The molecule has 0 atom stereocenters. The number of aromatic nitrogens is 1. The van der Waals surface area contributed by atoms with Crippen LogP contribution < -0.4 is 0 Å². The van der Waals surface area contributed by atoms with Gasteiger partial charge in [-0.05, 0) is 36.4 Å². The summed E-state index contributed by atoms with van der Waals surface area (Å²) in [5.74, 6) is -0.729. The predicted octanol–water partition coefficient (Wildman–Crippen LogP) is 1.59. The number of amides is 2. The number of carbonyl (C=O) groups is 2. The normalized spacial score (nSPS) is 19.4. The van der Waals surface area contributed by atoms with Crippen molar-refractivity contribution in [2.24, 2.45) is 0 Å². The second kappa shape index (κ2) is 6.01. The van der Waals surface area contributed by atoms with Gasteiger partial charge in [-0.15, -0.1) is 11.3 Å². The molecule has 0 radical (unpaired) electrons. The Labute approximate surface area is 148 Å². The van der Waals surface area contributed by atoms with Gasteiger partial charge in [0.15, 0.2) is 0 Å². The third kappa shape index (κ3) is 2.59. The zero-order chi connectivity index (χ0) is 17.6. The minimum absolute atomic E-state index is 0.182. The molecule has 0 aliphatic carbocycles. The molecule has 0 bridgehead atoms. The van der Waals surface area contributed by atoms with Crippen LogP contribution in [0.15, 0.2) is 40.1 Å². The van der Waals surface area contributed by atoms with E-state index in [0.717, 1.165) is 0 Å². The zero-order valence-electron chi connectivity index (χ0n) is 13.2. The molecular formula is C16H15N3O4S2. The van der Waals surface area contributed by atoms with Gasteiger partial charge in [-0.2, -0.15) is 4.31 Å². The Balaban J connectivity index is 1.50. The molecule has 4 heterocycles. The second-order valence-electron chi connectivity index (χ2n) is 5.95. The molecule has 1 fully saturated rings. The molecule has 0 spiro atoms. The molecule has 130 valence electrons. The van der Waals surface area contributed by atoms with Crippen LogP contribution in [0.4, 0.5) is 0 Å². The lowest BCUT2D eigenvalue weighted by molar-refractivity contribution is 0.0534. The molecule has 0 unspecified atom stereocenters. The van der Waals surface area contributed by atoms with Gasteiger partial charge in [-0.3, -0.25) is 19.5 Å². The van der Waals surface area contributed by atoms with Crippen molar-refractivity contribution in [1.29, 1.82) is 0 Å². The Morgan fingerprint density at radius 1 is 1.08 bits per heavy atom. The molecule has 4 rings (SSSR count). The van der Waals surface area contributed by atoms with Crippen LogP contribution in [-0.4, -0.2) is 53.6 Å². The van der Waals surface area contributed by atoms with E-state index in [1.807, 2.05) is 0 Å². The van der Waals surface area contributed by atoms with Gasteiger partial charge in [0.2, 0.25) is 0 Å². The molecule has 2 aliphatic heterocycles. The quantitative estimate of drug-likeness (QED) is 0.758. The molecule has 9 heteroatoms. The lowest BCUT2D eigenvalue weighted by Gasteiger charge is -2.34. The van der Waals surface area contributed by atoms with Gasteiger partial charge in [0.1, 0.15) is 9.90 Å². The third-order valence-corrected chi connectivity index (χ3v) is 7.83. The van der Waals surface area contributed by atoms with Crippen molar-refractivity contribution in [3.63, 3.8) is 0 Å². The van der Waals surface area contributed by atoms with Crippen molar-refractivity contribution in [3.8, 4) is 0 Å². The van der Waals surface area contributed by atoms with Crippen LogP contribution >= 0.6 is 11.3 Å². The number of carbonyl (C=O) groups excluding carboxylic acids is 2. The van der Waals surface area contributed by atoms with Crippen LogP contribution in [0.5, 0.6) is 0 Å². The number of hydrogen-bond donors (Lipinski definition) is 0. The van der Waals surface area contributed by atoms with E-state index < -0.39 is 10.0 Å². The number of rotatable bonds is 3. The summed E-state index contributed by atoms with van der Waals surface area (Å²) in [7, 11) is -3.50. The van der Waals surface area contributed by atoms with E-state index >= 15 is 0 Å². The van der Waals surface area contributed by atoms with Gasteiger partial charge >= 0.3 is 0 Å². The van der Waals surface area contributed by atoms with Crippen molar-refractivity contribution >= 4 is 33.2 Å². The average molecular weight is 377 g/mol. The fourth-order valence-electron chi connectivity index (χ4n) is 3.29. The minimum atomic E-state index is -3.50. The molecule has 7 nitrogen and oxygen atoms in total. The number of sulfonamides is 1. The summed E-state index contributed by atoms with van der Waals surface area (Å²) in [6, 6.07) is 6.21. The van der Waals surface area contributed by atoms with Crippen molar-refractivity contribution < 1.29 is 18.0 Å². The maximum atomic E-state index is 12.6. The predicted molar refractivity (Wildman–Crippen MR) is 90.8 cm³/mol. The summed E-state index contributed by atoms with van der Waals surface area (Å²) in [6.07, 6.45) is 2.34. The van der Waals surface area contributed by atoms with Gasteiger partial charge in [0.05, 0.1) is 5.56 Å². The Morgan fingerprint density at radius 2 is 1.84 bits per heavy atom. The fraction of sp³-hybridized carbons (Fsp3) is 0.312. The van der Waals surface area contributed by atoms with Crippen LogP contribution in [0.1, 0.15) is 33.7 Å². The fourth-order valence-corrected chi connectivity index (χ4v) is 5.91. The molecule has 2 aliphatic rings. The summed E-state index contributed by atoms with van der Waals surface area (Å²) in [5, 5.41) is 1.73. The number of pyridine rings is 1. The molecular weight excluding hydrogens is 362 g/mol. The van der Waals surface area contributed by atoms with E-state index in [2.05, 4.69) is 4.98 Å². The summed E-state index contributed by atoms with van der Waals surface area (Å²) >= 11 is 1.19. The smallest absolute Gasteiger partial charge is 0.270 e. The molecule has 0 N–H and O–H groups in total. The van der Waals surface area contributed by atoms with Crippen molar-refractivity contribution in [2.45, 2.75) is 23.1 Å².